The van der Waals surface area contributed by atoms with E-state index >= 15 is 0 Å². The summed E-state index contributed by atoms with van der Waals surface area (Å²) in [6.07, 6.45) is -1.42. The van der Waals surface area contributed by atoms with Gasteiger partial charge in [0.05, 0.1) is 0 Å². The number of carbonyl (C=O) groups is 1. The molecule has 0 bridgehead atoms. The van der Waals surface area contributed by atoms with E-state index in [9.17, 15) is 9.18 Å². The molecule has 0 aliphatic heterocycles. The predicted octanol–water partition coefficient (Wildman–Crippen LogP) is 3.50. The van der Waals surface area contributed by atoms with Crippen molar-refractivity contribution in [2.24, 2.45) is 0 Å². The zero-order chi connectivity index (χ0) is 10.4. The molecule has 0 heterocycles. The van der Waals surface area contributed by atoms with Crippen LogP contribution in [0.15, 0.2) is 30.3 Å². The average Bonchev–Trinajstić information content (AvgIpc) is 2.19. The first-order valence-electron chi connectivity index (χ1n) is 3.97. The highest BCUT2D eigenvalue weighted by Gasteiger charge is 2.06. The highest BCUT2D eigenvalue weighted by Crippen LogP contribution is 2.28. The van der Waals surface area contributed by atoms with Gasteiger partial charge < -0.3 is 0 Å². The summed E-state index contributed by atoms with van der Waals surface area (Å²) in [6, 6.07) is 9.82. The Bertz CT molecular complexity index is 294. The number of hydrogen-bond acceptors (Lipinski definition) is 3. The average molecular weight is 231 g/mol. The van der Waals surface area contributed by atoms with E-state index in [1.54, 1.807) is 0 Å². The molecule has 1 aromatic carbocycles. The molecule has 0 saturated heterocycles. The van der Waals surface area contributed by atoms with Crippen LogP contribution in [0.4, 0.5) is 9.18 Å². The molecule has 1 rings (SSSR count). The Kier molecular flexibility index (Phi) is 4.82. The third kappa shape index (κ3) is 4.02. The molecular weight excluding hydrogens is 221 g/mol. The van der Waals surface area contributed by atoms with E-state index in [4.69, 9.17) is 0 Å². The molecule has 1 aromatic rings. The number of benzene rings is 1. The van der Waals surface area contributed by atoms with Crippen LogP contribution in [0.2, 0.25) is 0 Å². The summed E-state index contributed by atoms with van der Waals surface area (Å²) in [5.74, 6) is 0.753. The van der Waals surface area contributed by atoms with E-state index in [1.165, 1.54) is 17.8 Å². The van der Waals surface area contributed by atoms with Crippen LogP contribution in [-0.4, -0.2) is 17.5 Å². The van der Waals surface area contributed by atoms with E-state index < -0.39 is 6.16 Å². The maximum atomic E-state index is 12.1. The number of hydrogen-bond donors (Lipinski definition) is 0. The van der Waals surface area contributed by atoms with Crippen LogP contribution in [0.1, 0.15) is 5.56 Å². The van der Waals surface area contributed by atoms with E-state index in [0.29, 0.717) is 0 Å². The van der Waals surface area contributed by atoms with E-state index in [-0.39, 0.29) is 0 Å². The smallest absolute Gasteiger partial charge is 0.252 e. The van der Waals surface area contributed by atoms with Crippen LogP contribution in [0, 0.1) is 0 Å². The molecule has 0 atom stereocenters. The summed E-state index contributed by atoms with van der Waals surface area (Å²) in [4.78, 5) is 10.2. The third-order valence-electron chi connectivity index (χ3n) is 1.48. The van der Waals surface area contributed by atoms with Crippen molar-refractivity contribution in [2.75, 3.05) is 7.05 Å². The summed E-state index contributed by atoms with van der Waals surface area (Å²) in [6.45, 7) is 0. The second-order valence-corrected chi connectivity index (χ2v) is 4.95. The minimum absolute atomic E-state index is 0.753. The van der Waals surface area contributed by atoms with Crippen LogP contribution < -0.4 is 0 Å². The molecular formula is C9H10FNOS2. The van der Waals surface area contributed by atoms with Gasteiger partial charge in [0.1, 0.15) is 0 Å². The molecule has 0 N–H and O–H groups in total. The fourth-order valence-electron chi connectivity index (χ4n) is 0.777. The topological polar surface area (TPSA) is 20.3 Å². The quantitative estimate of drug-likeness (QED) is 0.342. The molecule has 0 spiro atoms. The Balaban J connectivity index is 2.26. The number of amides is 1. The largest absolute Gasteiger partial charge is 0.410 e. The lowest BCUT2D eigenvalue weighted by Crippen LogP contribution is -2.10. The lowest BCUT2D eigenvalue weighted by Gasteiger charge is -2.08. The summed E-state index contributed by atoms with van der Waals surface area (Å²) in [7, 11) is 3.94. The van der Waals surface area contributed by atoms with Crippen molar-refractivity contribution < 1.29 is 9.18 Å². The van der Waals surface area contributed by atoms with Crippen LogP contribution in [-0.2, 0) is 5.75 Å². The fraction of sp³-hybridized carbons (Fsp3) is 0.222. The lowest BCUT2D eigenvalue weighted by atomic mass is 10.2. The van der Waals surface area contributed by atoms with Crippen molar-refractivity contribution in [1.82, 2.24) is 4.31 Å². The number of halogens is 1. The maximum Gasteiger partial charge on any atom is 0.410 e. The van der Waals surface area contributed by atoms with Gasteiger partial charge >= 0.3 is 6.16 Å². The van der Waals surface area contributed by atoms with Crippen LogP contribution in [0.5, 0.6) is 0 Å². The highest BCUT2D eigenvalue weighted by atomic mass is 33.1. The summed E-state index contributed by atoms with van der Waals surface area (Å²) in [5.41, 5.74) is 1.16. The van der Waals surface area contributed by atoms with E-state index in [2.05, 4.69) is 0 Å². The minimum Gasteiger partial charge on any atom is -0.252 e. The molecule has 14 heavy (non-hydrogen) atoms. The standard InChI is InChI=1S/C9H10FNOS2/c1-11(9(10)12)14-13-7-8-5-3-2-4-6-8/h2-6H,7H2,1H3. The molecule has 0 fully saturated rings. The minimum atomic E-state index is -1.42. The lowest BCUT2D eigenvalue weighted by molar-refractivity contribution is 0.210. The Hall–Kier alpha value is -0.680. The fourth-order valence-corrected chi connectivity index (χ4v) is 2.59. The summed E-state index contributed by atoms with van der Waals surface area (Å²) < 4.78 is 13.0. The highest BCUT2D eigenvalue weighted by molar-refractivity contribution is 8.75. The van der Waals surface area contributed by atoms with Gasteiger partial charge in [0.2, 0.25) is 0 Å². The number of carbonyl (C=O) groups excluding carboxylic acids is 1. The van der Waals surface area contributed by atoms with Gasteiger partial charge in [-0.05, 0) is 5.56 Å². The predicted molar refractivity (Wildman–Crippen MR) is 59.6 cm³/mol. The van der Waals surface area contributed by atoms with Crippen LogP contribution in [0.25, 0.3) is 0 Å². The SMILES string of the molecule is CN(SSCc1ccccc1)C(=O)F. The molecule has 76 valence electrons. The van der Waals surface area contributed by atoms with Gasteiger partial charge in [-0.3, -0.25) is 4.31 Å². The third-order valence-corrected chi connectivity index (χ3v) is 3.74. The molecule has 5 heteroatoms. The van der Waals surface area contributed by atoms with Crippen LogP contribution in [0.3, 0.4) is 0 Å². The van der Waals surface area contributed by atoms with Gasteiger partial charge in [-0.2, -0.15) is 0 Å². The molecule has 0 radical (unpaired) electrons. The number of rotatable bonds is 4. The molecule has 0 saturated carbocycles. The van der Waals surface area contributed by atoms with Gasteiger partial charge in [0.15, 0.2) is 0 Å². The van der Waals surface area contributed by atoms with E-state index in [1.807, 2.05) is 30.3 Å². The second-order valence-electron chi connectivity index (χ2n) is 2.57. The molecule has 0 aliphatic rings. The number of nitrogens with zero attached hydrogens (tertiary/aromatic N) is 1. The molecule has 1 amide bonds. The van der Waals surface area contributed by atoms with Crippen molar-refractivity contribution in [3.05, 3.63) is 35.9 Å². The van der Waals surface area contributed by atoms with Crippen molar-refractivity contribution in [3.8, 4) is 0 Å². The van der Waals surface area contributed by atoms with Crippen LogP contribution >= 0.6 is 21.8 Å². The summed E-state index contributed by atoms with van der Waals surface area (Å²) >= 11 is 0. The zero-order valence-electron chi connectivity index (χ0n) is 7.64. The van der Waals surface area contributed by atoms with Gasteiger partial charge in [0.25, 0.3) is 0 Å². The Morgan fingerprint density at radius 2 is 2.07 bits per heavy atom. The normalized spacial score (nSPS) is 9.86. The van der Waals surface area contributed by atoms with Gasteiger partial charge in [-0.15, -0.1) is 4.39 Å². The first kappa shape index (κ1) is 11.4. The van der Waals surface area contributed by atoms with Gasteiger partial charge in [-0.25, -0.2) is 4.79 Å². The van der Waals surface area contributed by atoms with E-state index in [0.717, 1.165) is 26.6 Å². The molecule has 0 aliphatic carbocycles. The Morgan fingerprint density at radius 3 is 2.64 bits per heavy atom. The molecule has 0 aromatic heterocycles. The first-order chi connectivity index (χ1) is 6.70. The molecule has 2 nitrogen and oxygen atoms in total. The van der Waals surface area contributed by atoms with Gasteiger partial charge in [-0.1, -0.05) is 41.1 Å². The molecule has 0 unspecified atom stereocenters. The monoisotopic (exact) mass is 231 g/mol. The Labute approximate surface area is 90.4 Å². The van der Waals surface area contributed by atoms with Crippen molar-refractivity contribution in [1.29, 1.82) is 0 Å². The zero-order valence-corrected chi connectivity index (χ0v) is 9.28. The Morgan fingerprint density at radius 1 is 1.43 bits per heavy atom. The maximum absolute atomic E-state index is 12.1. The van der Waals surface area contributed by atoms with Crippen molar-refractivity contribution in [3.63, 3.8) is 0 Å². The van der Waals surface area contributed by atoms with Crippen molar-refractivity contribution in [2.45, 2.75) is 5.75 Å². The first-order valence-corrected chi connectivity index (χ1v) is 6.24. The van der Waals surface area contributed by atoms with Crippen molar-refractivity contribution >= 4 is 27.9 Å². The second kappa shape index (κ2) is 5.93. The summed E-state index contributed by atoms with van der Waals surface area (Å²) in [5, 5.41) is 0. The van der Waals surface area contributed by atoms with Gasteiger partial charge in [0, 0.05) is 23.8 Å².